The number of hydrogen-bond donors (Lipinski definition) is 2. The van der Waals surface area contributed by atoms with Crippen molar-refractivity contribution in [3.63, 3.8) is 0 Å². The van der Waals surface area contributed by atoms with Crippen molar-refractivity contribution >= 4 is 15.9 Å². The molecule has 1 aromatic carbocycles. The van der Waals surface area contributed by atoms with E-state index in [0.29, 0.717) is 12.1 Å². The minimum atomic E-state index is -0.293. The predicted molar refractivity (Wildman–Crippen MR) is 69.2 cm³/mol. The Kier molecular flexibility index (Phi) is 4.54. The zero-order chi connectivity index (χ0) is 12.3. The van der Waals surface area contributed by atoms with Gasteiger partial charge in [-0.3, -0.25) is 0 Å². The van der Waals surface area contributed by atoms with Crippen LogP contribution in [0.1, 0.15) is 31.2 Å². The minimum Gasteiger partial charge on any atom is -0.392 e. The van der Waals surface area contributed by atoms with Gasteiger partial charge in [-0.1, -0.05) is 28.8 Å². The Morgan fingerprint density at radius 1 is 1.35 bits per heavy atom. The fraction of sp³-hybridized carbons (Fsp3) is 0.538. The largest absolute Gasteiger partial charge is 0.392 e. The zero-order valence-corrected chi connectivity index (χ0v) is 11.2. The molecule has 1 fully saturated rings. The van der Waals surface area contributed by atoms with E-state index in [9.17, 15) is 9.50 Å². The Balaban J connectivity index is 1.94. The van der Waals surface area contributed by atoms with Crippen molar-refractivity contribution in [2.75, 3.05) is 0 Å². The molecule has 2 nitrogen and oxygen atoms in total. The van der Waals surface area contributed by atoms with Gasteiger partial charge in [-0.2, -0.15) is 0 Å². The topological polar surface area (TPSA) is 32.3 Å². The molecule has 0 aliphatic heterocycles. The van der Waals surface area contributed by atoms with E-state index >= 15 is 0 Å². The number of aliphatic hydroxyl groups excluding tert-OH is 1. The first-order valence-corrected chi connectivity index (χ1v) is 6.81. The summed E-state index contributed by atoms with van der Waals surface area (Å²) in [6, 6.07) is 5.02. The Bertz CT molecular complexity index is 386. The molecule has 0 saturated heterocycles. The number of aliphatic hydroxyl groups is 1. The lowest BCUT2D eigenvalue weighted by atomic mass is 9.92. The van der Waals surface area contributed by atoms with Gasteiger partial charge in [-0.25, -0.2) is 4.39 Å². The van der Waals surface area contributed by atoms with Gasteiger partial charge >= 0.3 is 0 Å². The molecule has 0 bridgehead atoms. The van der Waals surface area contributed by atoms with Crippen LogP contribution in [0.25, 0.3) is 0 Å². The molecule has 94 valence electrons. The molecule has 1 aromatic rings. The molecule has 17 heavy (non-hydrogen) atoms. The lowest BCUT2D eigenvalue weighted by Crippen LogP contribution is -2.41. The number of rotatable bonds is 3. The maximum absolute atomic E-state index is 13.5. The molecule has 0 aromatic heterocycles. The first-order valence-electron chi connectivity index (χ1n) is 6.02. The molecule has 2 N–H and O–H groups in total. The van der Waals surface area contributed by atoms with E-state index in [1.165, 1.54) is 6.07 Å². The van der Waals surface area contributed by atoms with Crippen LogP contribution in [0.15, 0.2) is 22.7 Å². The van der Waals surface area contributed by atoms with Crippen LogP contribution in [0, 0.1) is 5.82 Å². The van der Waals surface area contributed by atoms with Crippen LogP contribution in [-0.2, 0) is 6.54 Å². The van der Waals surface area contributed by atoms with Crippen molar-refractivity contribution in [2.24, 2.45) is 0 Å². The van der Waals surface area contributed by atoms with Crippen LogP contribution in [0.5, 0.6) is 0 Å². The van der Waals surface area contributed by atoms with Crippen LogP contribution in [0.2, 0.25) is 0 Å². The lowest BCUT2D eigenvalue weighted by Gasteiger charge is -2.28. The van der Waals surface area contributed by atoms with E-state index in [0.717, 1.165) is 30.2 Å². The Hall–Kier alpha value is -0.450. The van der Waals surface area contributed by atoms with Gasteiger partial charge in [0.1, 0.15) is 5.82 Å². The number of nitrogens with one attached hydrogen (secondary N) is 1. The highest BCUT2D eigenvalue weighted by Crippen LogP contribution is 2.20. The van der Waals surface area contributed by atoms with Gasteiger partial charge < -0.3 is 10.4 Å². The average molecular weight is 302 g/mol. The highest BCUT2D eigenvalue weighted by molar-refractivity contribution is 9.10. The average Bonchev–Trinajstić information content (AvgIpc) is 2.32. The summed E-state index contributed by atoms with van der Waals surface area (Å²) in [6.45, 7) is 0.465. The molecule has 0 heterocycles. The molecule has 1 aliphatic carbocycles. The summed E-state index contributed by atoms with van der Waals surface area (Å²) in [5, 5.41) is 13.1. The van der Waals surface area contributed by atoms with Gasteiger partial charge in [-0.05, 0) is 31.0 Å². The molecule has 0 spiro atoms. The number of benzene rings is 1. The number of halogens is 2. The van der Waals surface area contributed by atoms with Crippen molar-refractivity contribution in [2.45, 2.75) is 44.4 Å². The third kappa shape index (κ3) is 3.50. The number of hydrogen-bond acceptors (Lipinski definition) is 2. The third-order valence-electron chi connectivity index (χ3n) is 3.29. The second kappa shape index (κ2) is 5.94. The summed E-state index contributed by atoms with van der Waals surface area (Å²) in [7, 11) is 0. The van der Waals surface area contributed by atoms with E-state index in [1.807, 2.05) is 0 Å². The van der Waals surface area contributed by atoms with Crippen LogP contribution < -0.4 is 5.32 Å². The molecule has 0 radical (unpaired) electrons. The maximum Gasteiger partial charge on any atom is 0.127 e. The molecule has 0 unspecified atom stereocenters. The fourth-order valence-electron chi connectivity index (χ4n) is 2.27. The molecule has 1 saturated carbocycles. The van der Waals surface area contributed by atoms with Gasteiger partial charge in [-0.15, -0.1) is 0 Å². The summed E-state index contributed by atoms with van der Waals surface area (Å²) in [5.74, 6) is -0.203. The molecule has 2 atom stereocenters. The van der Waals surface area contributed by atoms with Crippen LogP contribution in [0.4, 0.5) is 4.39 Å². The Morgan fingerprint density at radius 3 is 2.88 bits per heavy atom. The van der Waals surface area contributed by atoms with Crippen molar-refractivity contribution in [3.05, 3.63) is 34.1 Å². The normalized spacial score (nSPS) is 24.9. The summed E-state index contributed by atoms with van der Waals surface area (Å²) >= 11 is 3.33. The standard InChI is InChI=1S/C13H17BrFNO/c14-10-5-6-11(15)9(7-10)8-16-12-3-1-2-4-13(12)17/h5-7,12-13,16-17H,1-4,8H2/t12-,13-/m1/s1. The van der Waals surface area contributed by atoms with Crippen molar-refractivity contribution in [1.82, 2.24) is 5.32 Å². The van der Waals surface area contributed by atoms with Crippen LogP contribution in [-0.4, -0.2) is 17.3 Å². The smallest absolute Gasteiger partial charge is 0.127 e. The third-order valence-corrected chi connectivity index (χ3v) is 3.79. The van der Waals surface area contributed by atoms with Crippen LogP contribution in [0.3, 0.4) is 0 Å². The predicted octanol–water partition coefficient (Wildman–Crippen LogP) is 2.98. The van der Waals surface area contributed by atoms with Gasteiger partial charge in [0, 0.05) is 22.6 Å². The van der Waals surface area contributed by atoms with Gasteiger partial charge in [0.05, 0.1) is 6.10 Å². The second-order valence-corrected chi connectivity index (χ2v) is 5.49. The van der Waals surface area contributed by atoms with E-state index in [-0.39, 0.29) is 18.0 Å². The first-order chi connectivity index (χ1) is 8.16. The Morgan fingerprint density at radius 2 is 2.12 bits per heavy atom. The van der Waals surface area contributed by atoms with E-state index in [2.05, 4.69) is 21.2 Å². The zero-order valence-electron chi connectivity index (χ0n) is 9.63. The molecule has 2 rings (SSSR count). The molecule has 0 amide bonds. The summed E-state index contributed by atoms with van der Waals surface area (Å²) in [6.07, 6.45) is 3.74. The summed E-state index contributed by atoms with van der Waals surface area (Å²) in [5.41, 5.74) is 0.636. The Labute approximate surface area is 109 Å². The molecular weight excluding hydrogens is 285 g/mol. The summed E-state index contributed by atoms with van der Waals surface area (Å²) < 4.78 is 14.4. The van der Waals surface area contributed by atoms with E-state index in [1.54, 1.807) is 12.1 Å². The SMILES string of the molecule is O[C@@H]1CCCC[C@H]1NCc1cc(Br)ccc1F. The second-order valence-electron chi connectivity index (χ2n) is 4.57. The minimum absolute atomic E-state index is 0.0992. The monoisotopic (exact) mass is 301 g/mol. The highest BCUT2D eigenvalue weighted by Gasteiger charge is 2.22. The van der Waals surface area contributed by atoms with Gasteiger partial charge in [0.2, 0.25) is 0 Å². The van der Waals surface area contributed by atoms with E-state index in [4.69, 9.17) is 0 Å². The van der Waals surface area contributed by atoms with E-state index < -0.39 is 0 Å². The van der Waals surface area contributed by atoms with Gasteiger partial charge in [0.25, 0.3) is 0 Å². The van der Waals surface area contributed by atoms with Gasteiger partial charge in [0.15, 0.2) is 0 Å². The summed E-state index contributed by atoms with van der Waals surface area (Å²) in [4.78, 5) is 0. The maximum atomic E-state index is 13.5. The molecular formula is C13H17BrFNO. The van der Waals surface area contributed by atoms with Crippen molar-refractivity contribution < 1.29 is 9.50 Å². The lowest BCUT2D eigenvalue weighted by molar-refractivity contribution is 0.0901. The first kappa shape index (κ1) is 13.0. The van der Waals surface area contributed by atoms with Crippen molar-refractivity contribution in [3.8, 4) is 0 Å². The van der Waals surface area contributed by atoms with Crippen LogP contribution >= 0.6 is 15.9 Å². The molecule has 1 aliphatic rings. The molecule has 4 heteroatoms. The highest BCUT2D eigenvalue weighted by atomic mass is 79.9. The fourth-order valence-corrected chi connectivity index (χ4v) is 2.68. The quantitative estimate of drug-likeness (QED) is 0.899. The van der Waals surface area contributed by atoms with Crippen molar-refractivity contribution in [1.29, 1.82) is 0 Å².